The summed E-state index contributed by atoms with van der Waals surface area (Å²) in [6, 6.07) is 4.32. The van der Waals surface area contributed by atoms with E-state index >= 15 is 0 Å². The Hall–Kier alpha value is -0.690. The second-order valence-electron chi connectivity index (χ2n) is 2.93. The largest absolute Gasteiger partial charge is 0.0881 e. The third-order valence-electron chi connectivity index (χ3n) is 1.86. The van der Waals surface area contributed by atoms with Gasteiger partial charge >= 0.3 is 0 Å². The van der Waals surface area contributed by atoms with Crippen LogP contribution < -0.4 is 0 Å². The molecule has 0 unspecified atom stereocenters. The molecule has 0 heterocycles. The van der Waals surface area contributed by atoms with E-state index in [0.717, 1.165) is 0 Å². The van der Waals surface area contributed by atoms with Crippen LogP contribution in [-0.4, -0.2) is 5.37 Å². The summed E-state index contributed by atoms with van der Waals surface area (Å²) in [7, 11) is 0. The topological polar surface area (TPSA) is 0 Å². The molecule has 0 amide bonds. The highest BCUT2D eigenvalue weighted by atomic mass is 32.1. The van der Waals surface area contributed by atoms with E-state index in [-0.39, 0.29) is 0 Å². The summed E-state index contributed by atoms with van der Waals surface area (Å²) in [6.45, 7) is 6.30. The molecule has 0 aliphatic rings. The Morgan fingerprint density at radius 2 is 1.55 bits per heavy atom. The average Bonchev–Trinajstić information content (AvgIpc) is 1.85. The minimum absolute atomic E-state index is 1.20. The summed E-state index contributed by atoms with van der Waals surface area (Å²) >= 11 is 4.91. The lowest BCUT2D eigenvalue weighted by molar-refractivity contribution is 1.31. The molecule has 0 fully saturated rings. The molecule has 0 saturated heterocycles. The molecule has 0 aliphatic heterocycles. The first-order valence-electron chi connectivity index (χ1n) is 3.68. The molecule has 1 aromatic rings. The normalized spacial score (nSPS) is 9.73. The third-order valence-corrected chi connectivity index (χ3v) is 2.09. The molecule has 1 aromatic carbocycles. The van der Waals surface area contributed by atoms with Crippen LogP contribution >= 0.6 is 12.2 Å². The molecule has 0 aromatic heterocycles. The van der Waals surface area contributed by atoms with E-state index in [0.29, 0.717) is 0 Å². The molecule has 0 N–H and O–H groups in total. The van der Waals surface area contributed by atoms with E-state index in [1.807, 2.05) is 0 Å². The average molecular weight is 164 g/mol. The number of aryl methyl sites for hydroxylation is 3. The molecule has 1 heteroatoms. The molecule has 0 aliphatic carbocycles. The van der Waals surface area contributed by atoms with Crippen molar-refractivity contribution in [1.82, 2.24) is 0 Å². The molecule has 0 radical (unpaired) electrons. The van der Waals surface area contributed by atoms with Gasteiger partial charge in [0.15, 0.2) is 0 Å². The van der Waals surface area contributed by atoms with Gasteiger partial charge < -0.3 is 0 Å². The Labute approximate surface area is 73.2 Å². The second-order valence-corrected chi connectivity index (χ2v) is 3.17. The van der Waals surface area contributed by atoms with Crippen LogP contribution in [0.4, 0.5) is 0 Å². The zero-order valence-electron chi connectivity index (χ0n) is 7.14. The number of hydrogen-bond acceptors (Lipinski definition) is 1. The highest BCUT2D eigenvalue weighted by Gasteiger charge is 1.98. The maximum absolute atomic E-state index is 4.91. The van der Waals surface area contributed by atoms with Gasteiger partial charge in [0, 0.05) is 5.37 Å². The van der Waals surface area contributed by atoms with Crippen molar-refractivity contribution < 1.29 is 0 Å². The summed E-state index contributed by atoms with van der Waals surface area (Å²) < 4.78 is 0. The first kappa shape index (κ1) is 8.41. The maximum Gasteiger partial charge on any atom is 0.00914 e. The van der Waals surface area contributed by atoms with Crippen LogP contribution in [0.15, 0.2) is 12.1 Å². The summed E-state index contributed by atoms with van der Waals surface area (Å²) in [5.41, 5.74) is 5.06. The Balaban J connectivity index is 3.36. The van der Waals surface area contributed by atoms with Crippen molar-refractivity contribution in [2.45, 2.75) is 20.8 Å². The maximum atomic E-state index is 4.91. The highest BCUT2D eigenvalue weighted by molar-refractivity contribution is 7.79. The highest BCUT2D eigenvalue weighted by Crippen LogP contribution is 2.13. The lowest BCUT2D eigenvalue weighted by Gasteiger charge is -2.04. The van der Waals surface area contributed by atoms with Crippen LogP contribution in [0.2, 0.25) is 0 Å². The summed E-state index contributed by atoms with van der Waals surface area (Å²) in [4.78, 5) is 0. The lowest BCUT2D eigenvalue weighted by atomic mass is 10.0. The van der Waals surface area contributed by atoms with Gasteiger partial charge in [-0.3, -0.25) is 0 Å². The Bertz CT molecular complexity index is 264. The fraction of sp³-hybridized carbons (Fsp3) is 0.300. The Kier molecular flexibility index (Phi) is 2.40. The first-order chi connectivity index (χ1) is 5.15. The molecule has 0 bridgehead atoms. The molecule has 11 heavy (non-hydrogen) atoms. The van der Waals surface area contributed by atoms with Gasteiger partial charge in [0.25, 0.3) is 0 Å². The predicted octanol–water partition coefficient (Wildman–Crippen LogP) is 2.96. The summed E-state index contributed by atoms with van der Waals surface area (Å²) in [5.74, 6) is 0. The van der Waals surface area contributed by atoms with Crippen molar-refractivity contribution >= 4 is 17.6 Å². The van der Waals surface area contributed by atoms with E-state index in [1.54, 1.807) is 5.37 Å². The van der Waals surface area contributed by atoms with E-state index in [2.05, 4.69) is 32.9 Å². The van der Waals surface area contributed by atoms with Gasteiger partial charge in [-0.1, -0.05) is 29.9 Å². The van der Waals surface area contributed by atoms with Crippen LogP contribution in [0, 0.1) is 20.8 Å². The van der Waals surface area contributed by atoms with Crippen molar-refractivity contribution in [3.63, 3.8) is 0 Å². The predicted molar refractivity (Wildman–Crippen MR) is 53.4 cm³/mol. The van der Waals surface area contributed by atoms with Crippen LogP contribution in [0.3, 0.4) is 0 Å². The molecular formula is C10H12S. The van der Waals surface area contributed by atoms with Crippen LogP contribution in [0.1, 0.15) is 22.3 Å². The van der Waals surface area contributed by atoms with E-state index in [1.165, 1.54) is 22.3 Å². The minimum atomic E-state index is 1.20. The molecule has 0 spiro atoms. The standard InChI is InChI=1S/C10H12S/c1-7-4-8(2)10(6-11)9(3)5-7/h4-6H,1-3H3. The van der Waals surface area contributed by atoms with Crippen molar-refractivity contribution in [1.29, 1.82) is 0 Å². The van der Waals surface area contributed by atoms with E-state index in [4.69, 9.17) is 12.2 Å². The quantitative estimate of drug-likeness (QED) is 0.575. The number of rotatable bonds is 1. The molecule has 58 valence electrons. The lowest BCUT2D eigenvalue weighted by Crippen LogP contribution is -1.91. The SMILES string of the molecule is Cc1cc(C)c(C=S)c(C)c1. The number of benzene rings is 1. The van der Waals surface area contributed by atoms with E-state index < -0.39 is 0 Å². The minimum Gasteiger partial charge on any atom is -0.0881 e. The first-order valence-corrected chi connectivity index (χ1v) is 4.15. The van der Waals surface area contributed by atoms with E-state index in [9.17, 15) is 0 Å². The molecule has 0 nitrogen and oxygen atoms in total. The Morgan fingerprint density at radius 3 is 1.91 bits per heavy atom. The monoisotopic (exact) mass is 164 g/mol. The molecule has 0 saturated carbocycles. The third kappa shape index (κ3) is 1.66. The van der Waals surface area contributed by atoms with Crippen LogP contribution in [-0.2, 0) is 0 Å². The van der Waals surface area contributed by atoms with Gasteiger partial charge in [-0.05, 0) is 37.5 Å². The van der Waals surface area contributed by atoms with Crippen LogP contribution in [0.25, 0.3) is 0 Å². The van der Waals surface area contributed by atoms with Crippen molar-refractivity contribution in [3.05, 3.63) is 34.4 Å². The molecular weight excluding hydrogens is 152 g/mol. The fourth-order valence-electron chi connectivity index (χ4n) is 1.38. The molecule has 0 atom stereocenters. The Morgan fingerprint density at radius 1 is 1.09 bits per heavy atom. The van der Waals surface area contributed by atoms with Gasteiger partial charge in [-0.25, -0.2) is 0 Å². The van der Waals surface area contributed by atoms with Gasteiger partial charge in [0.05, 0.1) is 0 Å². The fourth-order valence-corrected chi connectivity index (χ4v) is 1.75. The van der Waals surface area contributed by atoms with Gasteiger partial charge in [0.1, 0.15) is 0 Å². The second kappa shape index (κ2) is 3.14. The smallest absolute Gasteiger partial charge is 0.00914 e. The van der Waals surface area contributed by atoms with Gasteiger partial charge in [-0.15, -0.1) is 0 Å². The number of hydrogen-bond donors (Lipinski definition) is 0. The van der Waals surface area contributed by atoms with Gasteiger partial charge in [0.2, 0.25) is 0 Å². The zero-order chi connectivity index (χ0) is 8.43. The summed E-state index contributed by atoms with van der Waals surface area (Å²) in [5, 5.41) is 1.75. The zero-order valence-corrected chi connectivity index (χ0v) is 7.96. The van der Waals surface area contributed by atoms with Crippen molar-refractivity contribution in [2.75, 3.05) is 0 Å². The van der Waals surface area contributed by atoms with Gasteiger partial charge in [-0.2, -0.15) is 0 Å². The van der Waals surface area contributed by atoms with Crippen molar-refractivity contribution in [2.24, 2.45) is 0 Å². The molecule has 1 rings (SSSR count). The van der Waals surface area contributed by atoms with Crippen LogP contribution in [0.5, 0.6) is 0 Å². The van der Waals surface area contributed by atoms with Crippen molar-refractivity contribution in [3.8, 4) is 0 Å². The number of thiocarbonyl (C=S) groups is 1. The summed E-state index contributed by atoms with van der Waals surface area (Å²) in [6.07, 6.45) is 0.